The Bertz CT molecular complexity index is 342. The smallest absolute Gasteiger partial charge is 0.217 e. The Kier molecular flexibility index (Phi) is 4.69. The van der Waals surface area contributed by atoms with Crippen molar-refractivity contribution in [3.63, 3.8) is 0 Å². The second-order valence-electron chi connectivity index (χ2n) is 3.89. The number of amidine groups is 1. The normalized spacial score (nSPS) is 23.2. The molecule has 16 heavy (non-hydrogen) atoms. The summed E-state index contributed by atoms with van der Waals surface area (Å²) in [6.07, 6.45) is 2.39. The van der Waals surface area contributed by atoms with Gasteiger partial charge in [-0.3, -0.25) is 5.41 Å². The molecule has 1 rings (SSSR count). The summed E-state index contributed by atoms with van der Waals surface area (Å²) < 4.78 is 30.0. The van der Waals surface area contributed by atoms with Gasteiger partial charge in [-0.2, -0.15) is 4.31 Å². The van der Waals surface area contributed by atoms with E-state index in [-0.39, 0.29) is 18.2 Å². The van der Waals surface area contributed by atoms with Crippen molar-refractivity contribution in [3.8, 4) is 0 Å². The molecule has 7 heteroatoms. The van der Waals surface area contributed by atoms with Crippen LogP contribution in [0.1, 0.15) is 19.3 Å². The third kappa shape index (κ3) is 3.16. The number of piperidine rings is 1. The maximum absolute atomic E-state index is 12.0. The number of hydrogen-bond acceptors (Lipinski definition) is 4. The summed E-state index contributed by atoms with van der Waals surface area (Å²) in [4.78, 5) is 0. The first-order valence-corrected chi connectivity index (χ1v) is 6.92. The Labute approximate surface area is 96.3 Å². The van der Waals surface area contributed by atoms with Gasteiger partial charge in [0.1, 0.15) is 5.84 Å². The number of sulfonamides is 1. The Balaban J connectivity index is 2.78. The van der Waals surface area contributed by atoms with Gasteiger partial charge < -0.3 is 10.5 Å². The van der Waals surface area contributed by atoms with Crippen molar-refractivity contribution in [1.29, 1.82) is 5.41 Å². The molecule has 1 heterocycles. The predicted molar refractivity (Wildman–Crippen MR) is 61.9 cm³/mol. The van der Waals surface area contributed by atoms with Crippen LogP contribution in [0.4, 0.5) is 0 Å². The van der Waals surface area contributed by atoms with E-state index in [1.165, 1.54) is 11.4 Å². The van der Waals surface area contributed by atoms with E-state index in [4.69, 9.17) is 15.9 Å². The van der Waals surface area contributed by atoms with Crippen molar-refractivity contribution in [3.05, 3.63) is 0 Å². The first-order valence-electron chi connectivity index (χ1n) is 5.31. The van der Waals surface area contributed by atoms with E-state index >= 15 is 0 Å². The van der Waals surface area contributed by atoms with Gasteiger partial charge in [-0.05, 0) is 12.8 Å². The molecule has 3 N–H and O–H groups in total. The lowest BCUT2D eigenvalue weighted by molar-refractivity contribution is 0.213. The maximum Gasteiger partial charge on any atom is 0.217 e. The van der Waals surface area contributed by atoms with Crippen LogP contribution >= 0.6 is 0 Å². The third-order valence-corrected chi connectivity index (χ3v) is 4.55. The molecule has 0 saturated carbocycles. The highest BCUT2D eigenvalue weighted by Crippen LogP contribution is 2.20. The van der Waals surface area contributed by atoms with Gasteiger partial charge in [0, 0.05) is 13.7 Å². The van der Waals surface area contributed by atoms with Gasteiger partial charge in [0.15, 0.2) is 0 Å². The molecule has 1 saturated heterocycles. The number of methoxy groups -OCH3 is 1. The average molecular weight is 249 g/mol. The lowest BCUT2D eigenvalue weighted by Gasteiger charge is -2.33. The number of nitrogens with one attached hydrogen (secondary N) is 1. The summed E-state index contributed by atoms with van der Waals surface area (Å²) in [7, 11) is -1.89. The Morgan fingerprint density at radius 1 is 1.56 bits per heavy atom. The summed E-state index contributed by atoms with van der Waals surface area (Å²) in [6, 6.07) is -0.462. The minimum absolute atomic E-state index is 0.0483. The highest BCUT2D eigenvalue weighted by Gasteiger charge is 2.33. The van der Waals surface area contributed by atoms with Gasteiger partial charge in [-0.15, -0.1) is 0 Å². The van der Waals surface area contributed by atoms with Crippen LogP contribution in [0.25, 0.3) is 0 Å². The average Bonchev–Trinajstić information content (AvgIpc) is 2.26. The van der Waals surface area contributed by atoms with Crippen molar-refractivity contribution in [2.45, 2.75) is 25.3 Å². The lowest BCUT2D eigenvalue weighted by atomic mass is 10.0. The Morgan fingerprint density at radius 2 is 2.25 bits per heavy atom. The first kappa shape index (κ1) is 13.4. The summed E-state index contributed by atoms with van der Waals surface area (Å²) >= 11 is 0. The molecule has 94 valence electrons. The monoisotopic (exact) mass is 249 g/mol. The molecule has 1 atom stereocenters. The van der Waals surface area contributed by atoms with E-state index in [1.54, 1.807) is 0 Å². The van der Waals surface area contributed by atoms with E-state index < -0.39 is 16.1 Å². The minimum Gasteiger partial charge on any atom is -0.386 e. The van der Waals surface area contributed by atoms with Crippen molar-refractivity contribution < 1.29 is 13.2 Å². The minimum atomic E-state index is -3.35. The molecule has 6 nitrogen and oxygen atoms in total. The van der Waals surface area contributed by atoms with Crippen LogP contribution < -0.4 is 5.73 Å². The quantitative estimate of drug-likeness (QED) is 0.519. The number of ether oxygens (including phenoxy) is 1. The van der Waals surface area contributed by atoms with E-state index in [0.29, 0.717) is 13.0 Å². The molecule has 0 amide bonds. The van der Waals surface area contributed by atoms with Gasteiger partial charge in [-0.1, -0.05) is 6.42 Å². The van der Waals surface area contributed by atoms with Crippen molar-refractivity contribution in [2.24, 2.45) is 5.73 Å². The first-order chi connectivity index (χ1) is 7.49. The van der Waals surface area contributed by atoms with Gasteiger partial charge in [0.05, 0.1) is 18.4 Å². The molecule has 0 spiro atoms. The van der Waals surface area contributed by atoms with Gasteiger partial charge >= 0.3 is 0 Å². The molecule has 0 aromatic heterocycles. The fourth-order valence-corrected chi connectivity index (χ4v) is 3.48. The van der Waals surface area contributed by atoms with E-state index in [1.807, 2.05) is 0 Å². The number of nitrogens with zero attached hydrogens (tertiary/aromatic N) is 1. The van der Waals surface area contributed by atoms with E-state index in [0.717, 1.165) is 12.8 Å². The zero-order chi connectivity index (χ0) is 12.2. The van der Waals surface area contributed by atoms with Crippen molar-refractivity contribution in [2.75, 3.05) is 26.0 Å². The summed E-state index contributed by atoms with van der Waals surface area (Å²) in [5, 5.41) is 7.42. The lowest BCUT2D eigenvalue weighted by Crippen LogP contribution is -2.51. The molecule has 0 aromatic rings. The summed E-state index contributed by atoms with van der Waals surface area (Å²) in [6.45, 7) is 0.625. The van der Waals surface area contributed by atoms with Crippen LogP contribution in [0.15, 0.2) is 0 Å². The number of nitrogens with two attached hydrogens (primary N) is 1. The summed E-state index contributed by atoms with van der Waals surface area (Å²) in [5.74, 6) is -0.117. The second kappa shape index (κ2) is 5.60. The van der Waals surface area contributed by atoms with E-state index in [9.17, 15) is 8.42 Å². The van der Waals surface area contributed by atoms with Gasteiger partial charge in [0.25, 0.3) is 0 Å². The molecule has 0 aliphatic carbocycles. The van der Waals surface area contributed by atoms with Crippen molar-refractivity contribution >= 4 is 15.9 Å². The SMILES string of the molecule is COCCS(=O)(=O)N1CCCCC1C(=N)N. The Hall–Kier alpha value is -0.660. The highest BCUT2D eigenvalue weighted by molar-refractivity contribution is 7.89. The van der Waals surface area contributed by atoms with Crippen LogP contribution in [0.3, 0.4) is 0 Å². The fourth-order valence-electron chi connectivity index (χ4n) is 1.85. The van der Waals surface area contributed by atoms with Gasteiger partial charge in [0.2, 0.25) is 10.0 Å². The molecule has 1 unspecified atom stereocenters. The van der Waals surface area contributed by atoms with Crippen molar-refractivity contribution in [1.82, 2.24) is 4.31 Å². The molecule has 0 radical (unpaired) electrons. The third-order valence-electron chi connectivity index (χ3n) is 2.72. The topological polar surface area (TPSA) is 96.5 Å². The van der Waals surface area contributed by atoms with Crippen LogP contribution in [-0.4, -0.2) is 50.6 Å². The molecule has 0 bridgehead atoms. The second-order valence-corrected chi connectivity index (χ2v) is 5.93. The number of hydrogen-bond donors (Lipinski definition) is 2. The van der Waals surface area contributed by atoms with Crippen LogP contribution in [-0.2, 0) is 14.8 Å². The maximum atomic E-state index is 12.0. The van der Waals surface area contributed by atoms with E-state index in [2.05, 4.69) is 0 Å². The zero-order valence-electron chi connectivity index (χ0n) is 9.48. The van der Waals surface area contributed by atoms with Crippen LogP contribution in [0.5, 0.6) is 0 Å². The molecule has 1 aliphatic rings. The Morgan fingerprint density at radius 3 is 2.81 bits per heavy atom. The van der Waals surface area contributed by atoms with Crippen LogP contribution in [0.2, 0.25) is 0 Å². The number of rotatable bonds is 5. The molecule has 1 fully saturated rings. The standard InChI is InChI=1S/C9H19N3O3S/c1-15-6-7-16(13,14)12-5-3-2-4-8(12)9(10)11/h8H,2-7H2,1H3,(H3,10,11). The molecule has 0 aromatic carbocycles. The highest BCUT2D eigenvalue weighted by atomic mass is 32.2. The largest absolute Gasteiger partial charge is 0.386 e. The van der Waals surface area contributed by atoms with Gasteiger partial charge in [-0.25, -0.2) is 8.42 Å². The molecular weight excluding hydrogens is 230 g/mol. The van der Waals surface area contributed by atoms with Crippen LogP contribution in [0, 0.1) is 5.41 Å². The fraction of sp³-hybridized carbons (Fsp3) is 0.889. The molecular formula is C9H19N3O3S. The molecule has 1 aliphatic heterocycles. The zero-order valence-corrected chi connectivity index (χ0v) is 10.3. The predicted octanol–water partition coefficient (Wildman–Crippen LogP) is -0.247. The summed E-state index contributed by atoms with van der Waals surface area (Å²) in [5.41, 5.74) is 5.43.